The van der Waals surface area contributed by atoms with Crippen LogP contribution in [0.25, 0.3) is 11.0 Å². The molecule has 2 unspecified atom stereocenters. The summed E-state index contributed by atoms with van der Waals surface area (Å²) in [6.45, 7) is 6.32. The summed E-state index contributed by atoms with van der Waals surface area (Å²) in [5.41, 5.74) is 2.55. The van der Waals surface area contributed by atoms with Gasteiger partial charge in [-0.05, 0) is 42.0 Å². The van der Waals surface area contributed by atoms with Gasteiger partial charge in [0.05, 0.1) is 11.5 Å². The molecule has 2 aromatic carbocycles. The molecule has 0 aliphatic carbocycles. The Balaban J connectivity index is 1.67. The van der Waals surface area contributed by atoms with E-state index in [9.17, 15) is 18.8 Å². The first-order valence-corrected chi connectivity index (χ1v) is 12.0. The molecule has 2 aliphatic heterocycles. The third-order valence-corrected chi connectivity index (χ3v) is 7.59. The summed E-state index contributed by atoms with van der Waals surface area (Å²) in [5, 5.41) is 10.8. The predicted octanol–water partition coefficient (Wildman–Crippen LogP) is 4.57. The fraction of sp³-hybridized carbons (Fsp3) is 0.320. The van der Waals surface area contributed by atoms with Gasteiger partial charge in [0.25, 0.3) is 0 Å². The van der Waals surface area contributed by atoms with Crippen molar-refractivity contribution in [3.63, 3.8) is 0 Å². The van der Waals surface area contributed by atoms with Crippen molar-refractivity contribution >= 4 is 31.2 Å². The van der Waals surface area contributed by atoms with E-state index in [0.29, 0.717) is 43.2 Å². The summed E-state index contributed by atoms with van der Waals surface area (Å²) in [6, 6.07) is 14.5. The zero-order valence-corrected chi connectivity index (χ0v) is 19.6. The van der Waals surface area contributed by atoms with E-state index >= 15 is 0 Å². The number of aliphatic imine (C=N–C) groups is 1. The second-order valence-corrected chi connectivity index (χ2v) is 9.74. The third-order valence-electron chi connectivity index (χ3n) is 5.86. The molecule has 2 aromatic rings. The average Bonchev–Trinajstić information content (AvgIpc) is 2.84. The summed E-state index contributed by atoms with van der Waals surface area (Å²) in [7, 11) is 0.194. The number of benzene rings is 2. The Morgan fingerprint density at radius 2 is 1.55 bits per heavy atom. The number of nitrogens with zero attached hydrogens (tertiary/aromatic N) is 4. The maximum Gasteiger partial charge on any atom is 0.225 e. The normalized spacial score (nSPS) is 20.2. The van der Waals surface area contributed by atoms with Gasteiger partial charge < -0.3 is 4.90 Å². The highest BCUT2D eigenvalue weighted by Gasteiger charge is 2.34. The zero-order valence-electron chi connectivity index (χ0n) is 18.6. The van der Waals surface area contributed by atoms with Crippen LogP contribution in [0.15, 0.2) is 53.5 Å². The lowest BCUT2D eigenvalue weighted by molar-refractivity contribution is -0.136. The number of hydrogen-bond acceptors (Lipinski definition) is 4. The highest BCUT2D eigenvalue weighted by molar-refractivity contribution is 7.53. The molecular formula is C25H25F2N4OP. The number of piperazine rings is 1. The minimum atomic E-state index is -0.350. The van der Waals surface area contributed by atoms with Gasteiger partial charge in [-0.2, -0.15) is 5.26 Å². The molecule has 8 heteroatoms. The first-order valence-electron chi connectivity index (χ1n) is 10.9. The van der Waals surface area contributed by atoms with Crippen LogP contribution in [-0.2, 0) is 4.79 Å². The van der Waals surface area contributed by atoms with Crippen molar-refractivity contribution in [3.8, 4) is 6.07 Å². The van der Waals surface area contributed by atoms with Crippen LogP contribution < -0.4 is 0 Å². The topological polar surface area (TPSA) is 59.7 Å². The average molecular weight is 466 g/mol. The molecule has 2 atom stereocenters. The fourth-order valence-electron chi connectivity index (χ4n) is 4.08. The molecule has 33 heavy (non-hydrogen) atoms. The van der Waals surface area contributed by atoms with Crippen LogP contribution in [0.3, 0.4) is 0 Å². The van der Waals surface area contributed by atoms with Gasteiger partial charge in [-0.25, -0.2) is 13.8 Å². The maximum absolute atomic E-state index is 13.6. The highest BCUT2D eigenvalue weighted by atomic mass is 31.1. The van der Waals surface area contributed by atoms with Gasteiger partial charge in [-0.1, -0.05) is 34.6 Å². The Hall–Kier alpha value is -2.94. The lowest BCUT2D eigenvalue weighted by atomic mass is 10.1. The first kappa shape index (κ1) is 23.2. The second-order valence-electron chi connectivity index (χ2n) is 8.41. The van der Waals surface area contributed by atoms with Crippen molar-refractivity contribution in [2.75, 3.05) is 26.2 Å². The van der Waals surface area contributed by atoms with Crippen molar-refractivity contribution in [2.24, 2.45) is 10.9 Å². The third kappa shape index (κ3) is 5.03. The summed E-state index contributed by atoms with van der Waals surface area (Å²) in [4.78, 5) is 21.2. The first-order chi connectivity index (χ1) is 15.9. The molecular weight excluding hydrogens is 441 g/mol. The molecule has 2 heterocycles. The summed E-state index contributed by atoms with van der Waals surface area (Å²) >= 11 is 0. The van der Waals surface area contributed by atoms with Crippen molar-refractivity contribution in [2.45, 2.75) is 19.6 Å². The number of hydrogen-bond donors (Lipinski definition) is 0. The molecule has 0 radical (unpaired) electrons. The predicted molar refractivity (Wildman–Crippen MR) is 128 cm³/mol. The summed E-state index contributed by atoms with van der Waals surface area (Å²) in [5.74, 6) is -0.797. The van der Waals surface area contributed by atoms with Gasteiger partial charge in [-0.15, -0.1) is 0 Å². The van der Waals surface area contributed by atoms with Gasteiger partial charge in [0.2, 0.25) is 5.91 Å². The van der Waals surface area contributed by atoms with E-state index < -0.39 is 0 Å². The Morgan fingerprint density at radius 3 is 2.06 bits per heavy atom. The molecule has 1 fully saturated rings. The Bertz CT molecular complexity index is 1130. The molecule has 0 saturated carbocycles. The van der Waals surface area contributed by atoms with E-state index in [-0.39, 0.29) is 37.8 Å². The molecule has 4 rings (SSSR count). The minimum Gasteiger partial charge on any atom is -0.340 e. The minimum absolute atomic E-state index is 0.0457. The lowest BCUT2D eigenvalue weighted by Crippen LogP contribution is -2.53. The molecule has 1 amide bonds. The Kier molecular flexibility index (Phi) is 6.97. The van der Waals surface area contributed by atoms with E-state index in [1.54, 1.807) is 24.3 Å². The number of carbonyl (C=O) groups is 1. The van der Waals surface area contributed by atoms with Crippen molar-refractivity contribution in [1.82, 2.24) is 9.80 Å². The number of carbonyl (C=O) groups excluding carboxylic acids is 1. The van der Waals surface area contributed by atoms with Crippen LogP contribution in [-0.4, -0.2) is 53.4 Å². The van der Waals surface area contributed by atoms with E-state index in [1.165, 1.54) is 24.3 Å². The molecule has 0 bridgehead atoms. The van der Waals surface area contributed by atoms with E-state index in [4.69, 9.17) is 4.99 Å². The zero-order chi connectivity index (χ0) is 23.5. The SMILES string of the molecule is CC(C)C(=O)N1CCN(C2PC(c3ccc(F)cc3)=C(c3ccc(F)cc3)N=C2C#N)CC1. The lowest BCUT2D eigenvalue weighted by Gasteiger charge is -2.40. The summed E-state index contributed by atoms with van der Waals surface area (Å²) in [6.07, 6.45) is 0. The van der Waals surface area contributed by atoms with Crippen molar-refractivity contribution in [3.05, 3.63) is 71.3 Å². The Labute approximate surface area is 194 Å². The molecule has 0 spiro atoms. The highest BCUT2D eigenvalue weighted by Crippen LogP contribution is 2.48. The number of nitriles is 1. The smallest absolute Gasteiger partial charge is 0.225 e. The molecule has 0 N–H and O–H groups in total. The van der Waals surface area contributed by atoms with Gasteiger partial charge >= 0.3 is 0 Å². The van der Waals surface area contributed by atoms with Crippen molar-refractivity contribution in [1.29, 1.82) is 5.26 Å². The Morgan fingerprint density at radius 1 is 1.00 bits per heavy atom. The van der Waals surface area contributed by atoms with Crippen LogP contribution in [0.1, 0.15) is 25.0 Å². The molecule has 1 saturated heterocycles. The fourth-order valence-corrected chi connectivity index (χ4v) is 5.73. The quantitative estimate of drug-likeness (QED) is 0.620. The number of amides is 1. The van der Waals surface area contributed by atoms with Crippen LogP contribution in [0.2, 0.25) is 0 Å². The van der Waals surface area contributed by atoms with Crippen LogP contribution in [0.5, 0.6) is 0 Å². The van der Waals surface area contributed by atoms with Crippen molar-refractivity contribution < 1.29 is 13.6 Å². The second kappa shape index (κ2) is 9.91. The van der Waals surface area contributed by atoms with Gasteiger partial charge in [0.1, 0.15) is 23.4 Å². The standard InChI is InChI=1S/C25H25F2N4OP/c1-16(2)24(32)30-11-13-31(14-12-30)25-21(15-28)29-22(17-3-7-19(26)8-4-17)23(33-25)18-5-9-20(27)10-6-18/h3-10,16,25,33H,11-14H2,1-2H3. The largest absolute Gasteiger partial charge is 0.340 e. The molecule has 170 valence electrons. The van der Waals surface area contributed by atoms with E-state index in [0.717, 1.165) is 10.9 Å². The summed E-state index contributed by atoms with van der Waals surface area (Å²) < 4.78 is 27.1. The van der Waals surface area contributed by atoms with Crippen LogP contribution in [0, 0.1) is 28.9 Å². The molecule has 5 nitrogen and oxygen atoms in total. The molecule has 0 aromatic heterocycles. The van der Waals surface area contributed by atoms with Gasteiger partial charge in [-0.3, -0.25) is 9.69 Å². The van der Waals surface area contributed by atoms with Gasteiger partial charge in [0.15, 0.2) is 0 Å². The maximum atomic E-state index is 13.6. The monoisotopic (exact) mass is 466 g/mol. The number of rotatable bonds is 4. The number of halogens is 2. The van der Waals surface area contributed by atoms with E-state index in [1.807, 2.05) is 18.7 Å². The van der Waals surface area contributed by atoms with Gasteiger partial charge in [0, 0.05) is 43.0 Å². The van der Waals surface area contributed by atoms with Crippen LogP contribution in [0.4, 0.5) is 8.78 Å². The van der Waals surface area contributed by atoms with E-state index in [2.05, 4.69) is 11.0 Å². The van der Waals surface area contributed by atoms with Crippen LogP contribution >= 0.6 is 8.58 Å². The molecule has 2 aliphatic rings.